The Bertz CT molecular complexity index is 733. The van der Waals surface area contributed by atoms with E-state index in [0.29, 0.717) is 18.1 Å². The fourth-order valence-corrected chi connectivity index (χ4v) is 2.19. The van der Waals surface area contributed by atoms with Crippen molar-refractivity contribution in [1.29, 1.82) is 0 Å². The molecule has 0 saturated heterocycles. The van der Waals surface area contributed by atoms with Crippen molar-refractivity contribution in [3.8, 4) is 0 Å². The van der Waals surface area contributed by atoms with Crippen LogP contribution in [0.1, 0.15) is 22.8 Å². The van der Waals surface area contributed by atoms with Crippen LogP contribution in [0.5, 0.6) is 0 Å². The molecule has 3 nitrogen and oxygen atoms in total. The summed E-state index contributed by atoms with van der Waals surface area (Å²) in [5, 5.41) is 4.00. The van der Waals surface area contributed by atoms with Crippen LogP contribution in [0, 0.1) is 0 Å². The summed E-state index contributed by atoms with van der Waals surface area (Å²) in [7, 11) is 0. The zero-order chi connectivity index (χ0) is 14.5. The lowest BCUT2D eigenvalue weighted by Gasteiger charge is -1.96. The molecule has 1 heterocycles. The molecule has 0 spiro atoms. The Morgan fingerprint density at radius 2 is 1.71 bits per heavy atom. The first kappa shape index (κ1) is 13.8. The van der Waals surface area contributed by atoms with Gasteiger partial charge in [0.25, 0.3) is 5.89 Å². The van der Waals surface area contributed by atoms with Gasteiger partial charge in [0.05, 0.1) is 0 Å². The molecule has 104 valence electrons. The number of hydrogen-bond donors (Lipinski definition) is 0. The summed E-state index contributed by atoms with van der Waals surface area (Å²) in [6, 6.07) is 18.1. The van der Waals surface area contributed by atoms with Crippen molar-refractivity contribution in [2.45, 2.75) is 6.42 Å². The van der Waals surface area contributed by atoms with E-state index in [1.54, 1.807) is 0 Å². The highest BCUT2D eigenvalue weighted by Crippen LogP contribution is 2.13. The number of nitrogens with zero attached hydrogens (tertiary/aromatic N) is 2. The molecule has 3 aromatic rings. The van der Waals surface area contributed by atoms with Crippen LogP contribution in [0.4, 0.5) is 0 Å². The predicted octanol–water partition coefficient (Wildman–Crippen LogP) is 4.59. The summed E-state index contributed by atoms with van der Waals surface area (Å²) >= 11 is 3.42. The van der Waals surface area contributed by atoms with Gasteiger partial charge >= 0.3 is 0 Å². The van der Waals surface area contributed by atoms with E-state index in [0.717, 1.165) is 15.6 Å². The van der Waals surface area contributed by atoms with Gasteiger partial charge in [-0.15, -0.1) is 0 Å². The molecule has 0 bridgehead atoms. The topological polar surface area (TPSA) is 38.9 Å². The minimum absolute atomic E-state index is 0.519. The van der Waals surface area contributed by atoms with Gasteiger partial charge in [-0.05, 0) is 29.3 Å². The van der Waals surface area contributed by atoms with Crippen molar-refractivity contribution in [3.05, 3.63) is 81.9 Å². The van der Waals surface area contributed by atoms with Gasteiger partial charge in [0.2, 0.25) is 0 Å². The van der Waals surface area contributed by atoms with Crippen LogP contribution in [0.3, 0.4) is 0 Å². The van der Waals surface area contributed by atoms with Crippen LogP contribution in [0.2, 0.25) is 0 Å². The summed E-state index contributed by atoms with van der Waals surface area (Å²) in [5.41, 5.74) is 2.25. The van der Waals surface area contributed by atoms with E-state index in [1.807, 2.05) is 66.7 Å². The molecular formula is C17H13BrN2O. The van der Waals surface area contributed by atoms with Gasteiger partial charge < -0.3 is 4.52 Å². The Morgan fingerprint density at radius 3 is 2.48 bits per heavy atom. The van der Waals surface area contributed by atoms with Crippen LogP contribution in [-0.2, 0) is 6.42 Å². The first-order chi connectivity index (χ1) is 10.3. The zero-order valence-corrected chi connectivity index (χ0v) is 12.8. The molecule has 0 fully saturated rings. The van der Waals surface area contributed by atoms with Crippen molar-refractivity contribution < 1.29 is 4.52 Å². The van der Waals surface area contributed by atoms with E-state index in [-0.39, 0.29) is 0 Å². The highest BCUT2D eigenvalue weighted by atomic mass is 79.9. The molecule has 0 radical (unpaired) electrons. The van der Waals surface area contributed by atoms with Crippen LogP contribution in [0.25, 0.3) is 12.2 Å². The van der Waals surface area contributed by atoms with E-state index in [4.69, 9.17) is 4.52 Å². The average Bonchev–Trinajstić information content (AvgIpc) is 2.96. The number of aromatic nitrogens is 2. The van der Waals surface area contributed by atoms with Crippen molar-refractivity contribution in [2.24, 2.45) is 0 Å². The summed E-state index contributed by atoms with van der Waals surface area (Å²) in [6.07, 6.45) is 4.44. The maximum absolute atomic E-state index is 5.23. The lowest BCUT2D eigenvalue weighted by atomic mass is 10.1. The standard InChI is InChI=1S/C17H13BrN2O/c18-15-9-6-14(7-10-15)12-16-19-17(21-20-16)11-8-13-4-2-1-3-5-13/h1-11H,12H2/b11-8+. The molecule has 2 aromatic carbocycles. The molecule has 4 heteroatoms. The maximum atomic E-state index is 5.23. The van der Waals surface area contributed by atoms with E-state index in [1.165, 1.54) is 0 Å². The van der Waals surface area contributed by atoms with Gasteiger partial charge in [0.15, 0.2) is 5.82 Å². The highest BCUT2D eigenvalue weighted by Gasteiger charge is 2.04. The van der Waals surface area contributed by atoms with Crippen molar-refractivity contribution >= 4 is 28.1 Å². The van der Waals surface area contributed by atoms with Crippen LogP contribution >= 0.6 is 15.9 Å². The Labute approximate surface area is 131 Å². The van der Waals surface area contributed by atoms with Gasteiger partial charge in [-0.1, -0.05) is 63.6 Å². The summed E-state index contributed by atoms with van der Waals surface area (Å²) in [6.45, 7) is 0. The van der Waals surface area contributed by atoms with Gasteiger partial charge in [0, 0.05) is 17.0 Å². The minimum Gasteiger partial charge on any atom is -0.335 e. The van der Waals surface area contributed by atoms with Crippen molar-refractivity contribution in [3.63, 3.8) is 0 Å². The van der Waals surface area contributed by atoms with E-state index in [9.17, 15) is 0 Å². The molecule has 0 saturated carbocycles. The molecule has 0 unspecified atom stereocenters. The summed E-state index contributed by atoms with van der Waals surface area (Å²) < 4.78 is 6.29. The van der Waals surface area contributed by atoms with Gasteiger partial charge in [0.1, 0.15) is 0 Å². The van der Waals surface area contributed by atoms with Gasteiger partial charge in [-0.2, -0.15) is 4.98 Å². The predicted molar refractivity (Wildman–Crippen MR) is 86.6 cm³/mol. The van der Waals surface area contributed by atoms with Gasteiger partial charge in [-0.3, -0.25) is 0 Å². The van der Waals surface area contributed by atoms with Crippen LogP contribution in [0.15, 0.2) is 63.6 Å². The highest BCUT2D eigenvalue weighted by molar-refractivity contribution is 9.10. The lowest BCUT2D eigenvalue weighted by molar-refractivity contribution is 0.404. The first-order valence-electron chi connectivity index (χ1n) is 6.60. The number of rotatable bonds is 4. The van der Waals surface area contributed by atoms with E-state index < -0.39 is 0 Å². The smallest absolute Gasteiger partial charge is 0.250 e. The Balaban J connectivity index is 1.69. The van der Waals surface area contributed by atoms with Crippen LogP contribution < -0.4 is 0 Å². The first-order valence-corrected chi connectivity index (χ1v) is 7.39. The molecule has 3 rings (SSSR count). The van der Waals surface area contributed by atoms with E-state index in [2.05, 4.69) is 26.1 Å². The van der Waals surface area contributed by atoms with Crippen LogP contribution in [-0.4, -0.2) is 10.1 Å². The monoisotopic (exact) mass is 340 g/mol. The second kappa shape index (κ2) is 6.50. The molecule has 0 atom stereocenters. The second-order valence-electron chi connectivity index (χ2n) is 4.60. The summed E-state index contributed by atoms with van der Waals surface area (Å²) in [4.78, 5) is 4.37. The molecule has 0 aliphatic rings. The normalized spacial score (nSPS) is 11.1. The fourth-order valence-electron chi connectivity index (χ4n) is 1.92. The molecule has 0 aliphatic carbocycles. The number of halogens is 1. The largest absolute Gasteiger partial charge is 0.335 e. The third-order valence-corrected chi connectivity index (χ3v) is 3.51. The molecule has 1 aromatic heterocycles. The van der Waals surface area contributed by atoms with Crippen molar-refractivity contribution in [2.75, 3.05) is 0 Å². The summed E-state index contributed by atoms with van der Waals surface area (Å²) in [5.74, 6) is 1.20. The maximum Gasteiger partial charge on any atom is 0.250 e. The molecule has 21 heavy (non-hydrogen) atoms. The number of benzene rings is 2. The Hall–Kier alpha value is -2.20. The molecule has 0 aliphatic heterocycles. The quantitative estimate of drug-likeness (QED) is 0.697. The Kier molecular flexibility index (Phi) is 4.26. The molecular weight excluding hydrogens is 328 g/mol. The third kappa shape index (κ3) is 3.89. The minimum atomic E-state index is 0.519. The zero-order valence-electron chi connectivity index (χ0n) is 11.2. The van der Waals surface area contributed by atoms with E-state index >= 15 is 0 Å². The number of hydrogen-bond acceptors (Lipinski definition) is 3. The third-order valence-electron chi connectivity index (χ3n) is 2.98. The van der Waals surface area contributed by atoms with Crippen molar-refractivity contribution in [1.82, 2.24) is 10.1 Å². The fraction of sp³-hybridized carbons (Fsp3) is 0.0588. The SMILES string of the molecule is Brc1ccc(Cc2noc(/C=C/c3ccccc3)n2)cc1. The Morgan fingerprint density at radius 1 is 0.952 bits per heavy atom. The lowest BCUT2D eigenvalue weighted by Crippen LogP contribution is -1.90. The average molecular weight is 341 g/mol. The molecule has 0 amide bonds. The van der Waals surface area contributed by atoms with Gasteiger partial charge in [-0.25, -0.2) is 0 Å². The second-order valence-corrected chi connectivity index (χ2v) is 5.51. The molecule has 0 N–H and O–H groups in total.